The predicted molar refractivity (Wildman–Crippen MR) is 92.8 cm³/mol. The summed E-state index contributed by atoms with van der Waals surface area (Å²) >= 11 is 0. The van der Waals surface area contributed by atoms with Gasteiger partial charge in [0, 0.05) is 58.0 Å². The van der Waals surface area contributed by atoms with E-state index in [-0.39, 0.29) is 23.3 Å². The lowest BCUT2D eigenvalue weighted by molar-refractivity contribution is -0.147. The average Bonchev–Trinajstić information content (AvgIpc) is 3.15. The molecule has 0 saturated carbocycles. The maximum atomic E-state index is 12.3. The maximum absolute atomic E-state index is 12.3. The number of nitrogens with one attached hydrogen (secondary N) is 1. The van der Waals surface area contributed by atoms with Crippen molar-refractivity contribution < 1.29 is 14.3 Å². The molecule has 1 N–H and O–H groups in total. The summed E-state index contributed by atoms with van der Waals surface area (Å²) in [6.07, 6.45) is 7.38. The van der Waals surface area contributed by atoms with Gasteiger partial charge in [-0.05, 0) is 31.6 Å². The van der Waals surface area contributed by atoms with Gasteiger partial charge in [0.25, 0.3) is 5.91 Å². The Morgan fingerprint density at radius 2 is 2.16 bits per heavy atom. The van der Waals surface area contributed by atoms with Crippen LogP contribution in [0.1, 0.15) is 38.3 Å². The molecule has 25 heavy (non-hydrogen) atoms. The number of imidazole rings is 1. The number of carbonyl (C=O) groups excluding carboxylic acids is 2. The SMILES string of the molecule is COC(C)C(=O)N1CCC2(CCC(=O)N(CCc3cnc[nH]3)C2)CC1. The molecule has 0 bridgehead atoms. The predicted octanol–water partition coefficient (Wildman–Crippen LogP) is 1.22. The molecule has 2 amide bonds. The van der Waals surface area contributed by atoms with Crippen molar-refractivity contribution in [3.05, 3.63) is 18.2 Å². The first-order valence-electron chi connectivity index (χ1n) is 9.10. The Morgan fingerprint density at radius 1 is 1.40 bits per heavy atom. The second kappa shape index (κ2) is 7.56. The lowest BCUT2D eigenvalue weighted by Gasteiger charge is -2.47. The van der Waals surface area contributed by atoms with Gasteiger partial charge in [-0.1, -0.05) is 0 Å². The first-order valence-corrected chi connectivity index (χ1v) is 9.10. The average molecular weight is 348 g/mol. The number of carbonyl (C=O) groups is 2. The Morgan fingerprint density at radius 3 is 2.80 bits per heavy atom. The monoisotopic (exact) mass is 348 g/mol. The number of piperidine rings is 2. The molecule has 2 aliphatic rings. The van der Waals surface area contributed by atoms with Crippen LogP contribution in [0.2, 0.25) is 0 Å². The van der Waals surface area contributed by atoms with Crippen molar-refractivity contribution in [3.8, 4) is 0 Å². The summed E-state index contributed by atoms with van der Waals surface area (Å²) in [6.45, 7) is 4.85. The Hall–Kier alpha value is -1.89. The van der Waals surface area contributed by atoms with Gasteiger partial charge in [-0.25, -0.2) is 4.98 Å². The van der Waals surface area contributed by atoms with Crippen molar-refractivity contribution in [3.63, 3.8) is 0 Å². The Balaban J connectivity index is 1.56. The third kappa shape index (κ3) is 4.03. The number of nitrogens with zero attached hydrogens (tertiary/aromatic N) is 3. The third-order valence-electron chi connectivity index (χ3n) is 5.79. The molecule has 138 valence electrons. The minimum absolute atomic E-state index is 0.0698. The molecule has 1 atom stereocenters. The van der Waals surface area contributed by atoms with Crippen molar-refractivity contribution in [2.75, 3.05) is 33.3 Å². The van der Waals surface area contributed by atoms with E-state index in [4.69, 9.17) is 4.74 Å². The Kier molecular flexibility index (Phi) is 5.42. The van der Waals surface area contributed by atoms with Gasteiger partial charge in [-0.15, -0.1) is 0 Å². The molecule has 7 nitrogen and oxygen atoms in total. The second-order valence-corrected chi connectivity index (χ2v) is 7.35. The number of hydrogen-bond acceptors (Lipinski definition) is 4. The van der Waals surface area contributed by atoms with E-state index in [1.54, 1.807) is 20.4 Å². The number of H-pyrrole nitrogens is 1. The molecule has 2 saturated heterocycles. The third-order valence-corrected chi connectivity index (χ3v) is 5.79. The second-order valence-electron chi connectivity index (χ2n) is 7.35. The number of hydrogen-bond donors (Lipinski definition) is 1. The van der Waals surface area contributed by atoms with E-state index in [1.807, 2.05) is 16.0 Å². The van der Waals surface area contributed by atoms with Gasteiger partial charge < -0.3 is 19.5 Å². The normalized spacial score (nSPS) is 21.6. The number of likely N-dealkylation sites (tertiary alicyclic amines) is 2. The van der Waals surface area contributed by atoms with Crippen LogP contribution in [-0.2, 0) is 20.7 Å². The van der Waals surface area contributed by atoms with E-state index in [0.717, 1.165) is 57.6 Å². The van der Waals surface area contributed by atoms with E-state index in [1.165, 1.54) is 0 Å². The van der Waals surface area contributed by atoms with Crippen molar-refractivity contribution >= 4 is 11.8 Å². The first kappa shape index (κ1) is 17.9. The van der Waals surface area contributed by atoms with Gasteiger partial charge in [0.2, 0.25) is 5.91 Å². The van der Waals surface area contributed by atoms with Crippen molar-refractivity contribution in [1.82, 2.24) is 19.8 Å². The highest BCUT2D eigenvalue weighted by Gasteiger charge is 2.41. The standard InChI is InChI=1S/C18H28N4O3/c1-14(25-2)17(24)21-9-6-18(7-10-21)5-3-16(23)22(12-18)8-4-15-11-19-13-20-15/h11,13-14H,3-10,12H2,1-2H3,(H,19,20). The highest BCUT2D eigenvalue weighted by Crippen LogP contribution is 2.40. The minimum atomic E-state index is -0.382. The molecule has 3 rings (SSSR count). The number of aromatic amines is 1. The molecule has 1 unspecified atom stereocenters. The lowest BCUT2D eigenvalue weighted by atomic mass is 9.72. The molecule has 0 aliphatic carbocycles. The fourth-order valence-electron chi connectivity index (χ4n) is 3.95. The van der Waals surface area contributed by atoms with Gasteiger partial charge in [0.1, 0.15) is 6.10 Å². The molecule has 1 aromatic rings. The molecule has 2 aliphatic heterocycles. The van der Waals surface area contributed by atoms with Crippen LogP contribution in [0.5, 0.6) is 0 Å². The maximum Gasteiger partial charge on any atom is 0.251 e. The number of ether oxygens (including phenoxy) is 1. The van der Waals surface area contributed by atoms with Crippen LogP contribution < -0.4 is 0 Å². The van der Waals surface area contributed by atoms with Crippen LogP contribution in [-0.4, -0.2) is 71.0 Å². The molecule has 1 aromatic heterocycles. The summed E-state index contributed by atoms with van der Waals surface area (Å²) in [6, 6.07) is 0. The van der Waals surface area contributed by atoms with Crippen molar-refractivity contribution in [2.24, 2.45) is 5.41 Å². The Bertz CT molecular complexity index is 593. The van der Waals surface area contributed by atoms with Gasteiger partial charge in [-0.2, -0.15) is 0 Å². The highest BCUT2D eigenvalue weighted by molar-refractivity contribution is 5.80. The van der Waals surface area contributed by atoms with Crippen LogP contribution in [0.3, 0.4) is 0 Å². The van der Waals surface area contributed by atoms with Gasteiger partial charge in [0.15, 0.2) is 0 Å². The van der Waals surface area contributed by atoms with Gasteiger partial charge >= 0.3 is 0 Å². The fraction of sp³-hybridized carbons (Fsp3) is 0.722. The van der Waals surface area contributed by atoms with Gasteiger partial charge in [0.05, 0.1) is 6.33 Å². The van der Waals surface area contributed by atoms with E-state index in [9.17, 15) is 9.59 Å². The van der Waals surface area contributed by atoms with Crippen molar-refractivity contribution in [2.45, 2.75) is 45.1 Å². The highest BCUT2D eigenvalue weighted by atomic mass is 16.5. The van der Waals surface area contributed by atoms with Crippen LogP contribution in [0.15, 0.2) is 12.5 Å². The summed E-state index contributed by atoms with van der Waals surface area (Å²) in [5.41, 5.74) is 1.22. The zero-order valence-corrected chi connectivity index (χ0v) is 15.2. The molecule has 1 spiro atoms. The molecule has 0 radical (unpaired) electrons. The fourth-order valence-corrected chi connectivity index (χ4v) is 3.95. The Labute approximate surface area is 148 Å². The van der Waals surface area contributed by atoms with E-state index < -0.39 is 0 Å². The molecule has 0 aromatic carbocycles. The zero-order valence-electron chi connectivity index (χ0n) is 15.2. The topological polar surface area (TPSA) is 78.5 Å². The summed E-state index contributed by atoms with van der Waals surface area (Å²) in [5, 5.41) is 0. The van der Waals surface area contributed by atoms with E-state index in [0.29, 0.717) is 6.42 Å². The van der Waals surface area contributed by atoms with Crippen LogP contribution >= 0.6 is 0 Å². The summed E-state index contributed by atoms with van der Waals surface area (Å²) in [4.78, 5) is 35.6. The number of amides is 2. The molecular weight excluding hydrogens is 320 g/mol. The summed E-state index contributed by atoms with van der Waals surface area (Å²) in [7, 11) is 1.57. The first-order chi connectivity index (χ1) is 12.0. The number of aromatic nitrogens is 2. The molecule has 2 fully saturated rings. The zero-order chi connectivity index (χ0) is 17.9. The largest absolute Gasteiger partial charge is 0.372 e. The lowest BCUT2D eigenvalue weighted by Crippen LogP contribution is -2.53. The quantitative estimate of drug-likeness (QED) is 0.868. The molecule has 3 heterocycles. The smallest absolute Gasteiger partial charge is 0.251 e. The number of rotatable bonds is 5. The molecule has 7 heteroatoms. The van der Waals surface area contributed by atoms with Crippen molar-refractivity contribution in [1.29, 1.82) is 0 Å². The summed E-state index contributed by atoms with van der Waals surface area (Å²) < 4.78 is 5.15. The van der Waals surface area contributed by atoms with Crippen LogP contribution in [0.4, 0.5) is 0 Å². The van der Waals surface area contributed by atoms with E-state index in [2.05, 4.69) is 9.97 Å². The van der Waals surface area contributed by atoms with E-state index >= 15 is 0 Å². The summed E-state index contributed by atoms with van der Waals surface area (Å²) in [5.74, 6) is 0.317. The van der Waals surface area contributed by atoms with Gasteiger partial charge in [-0.3, -0.25) is 9.59 Å². The van der Waals surface area contributed by atoms with Crippen LogP contribution in [0, 0.1) is 5.41 Å². The minimum Gasteiger partial charge on any atom is -0.372 e. The molecular formula is C18H28N4O3. The van der Waals surface area contributed by atoms with Crippen LogP contribution in [0.25, 0.3) is 0 Å². The number of methoxy groups -OCH3 is 1.